The normalized spacial score (nSPS) is 14.9. The molecule has 1 saturated heterocycles. The molecule has 0 unspecified atom stereocenters. The van der Waals surface area contributed by atoms with Gasteiger partial charge in [-0.05, 0) is 51.0 Å². The molecule has 1 amide bonds. The van der Waals surface area contributed by atoms with E-state index in [-0.39, 0.29) is 5.91 Å². The number of aromatic nitrogens is 2. The fourth-order valence-corrected chi connectivity index (χ4v) is 4.96. The van der Waals surface area contributed by atoms with E-state index in [4.69, 9.17) is 5.26 Å². The summed E-state index contributed by atoms with van der Waals surface area (Å²) in [5.41, 5.74) is 6.18. The highest BCUT2D eigenvalue weighted by Crippen LogP contribution is 2.28. The van der Waals surface area contributed by atoms with Crippen LogP contribution >= 0.6 is 11.3 Å². The molecule has 6 nitrogen and oxygen atoms in total. The molecule has 166 valence electrons. The van der Waals surface area contributed by atoms with E-state index in [1.807, 2.05) is 36.1 Å². The summed E-state index contributed by atoms with van der Waals surface area (Å²) >= 11 is 1.65. The first-order valence-electron chi connectivity index (χ1n) is 11.0. The number of nitrogens with zero attached hydrogens (tertiary/aromatic N) is 5. The quantitative estimate of drug-likeness (QED) is 0.590. The van der Waals surface area contributed by atoms with E-state index in [0.717, 1.165) is 66.8 Å². The second kappa shape index (κ2) is 9.68. The SMILES string of the molecule is Cc1nc(-c2cc(C)n(CC(=O)N3CCCN(Cc4ccc(C#N)cc4)CC3)c2C)cs1. The zero-order valence-corrected chi connectivity index (χ0v) is 19.8. The summed E-state index contributed by atoms with van der Waals surface area (Å²) in [6, 6.07) is 12.1. The number of nitriles is 1. The monoisotopic (exact) mass is 447 g/mol. The predicted molar refractivity (Wildman–Crippen MR) is 127 cm³/mol. The van der Waals surface area contributed by atoms with Gasteiger partial charge in [0.2, 0.25) is 5.91 Å². The highest BCUT2D eigenvalue weighted by molar-refractivity contribution is 7.09. The zero-order valence-electron chi connectivity index (χ0n) is 19.0. The van der Waals surface area contributed by atoms with Gasteiger partial charge in [-0.25, -0.2) is 4.98 Å². The van der Waals surface area contributed by atoms with Crippen LogP contribution in [0.25, 0.3) is 11.3 Å². The molecule has 0 radical (unpaired) electrons. The standard InChI is InChI=1S/C25H29N5OS/c1-18-13-23(24-17-32-20(3)27-24)19(2)30(18)16-25(31)29-10-4-9-28(11-12-29)15-22-7-5-21(14-26)6-8-22/h5-8,13,17H,4,9-12,15-16H2,1-3H3. The third-order valence-corrected chi connectivity index (χ3v) is 6.97. The Balaban J connectivity index is 1.38. The molecule has 3 heterocycles. The van der Waals surface area contributed by atoms with Crippen LogP contribution in [0.4, 0.5) is 0 Å². The molecule has 4 rings (SSSR count). The van der Waals surface area contributed by atoms with Crippen molar-refractivity contribution in [2.24, 2.45) is 0 Å². The van der Waals surface area contributed by atoms with E-state index >= 15 is 0 Å². The van der Waals surface area contributed by atoms with Crippen molar-refractivity contribution in [3.8, 4) is 17.3 Å². The second-order valence-electron chi connectivity index (χ2n) is 8.44. The first-order chi connectivity index (χ1) is 15.4. The van der Waals surface area contributed by atoms with Crippen molar-refractivity contribution in [2.75, 3.05) is 26.2 Å². The molecule has 7 heteroatoms. The summed E-state index contributed by atoms with van der Waals surface area (Å²) < 4.78 is 2.12. The predicted octanol–water partition coefficient (Wildman–Crippen LogP) is 4.14. The Morgan fingerprint density at radius 2 is 1.91 bits per heavy atom. The molecule has 1 aliphatic heterocycles. The van der Waals surface area contributed by atoms with Gasteiger partial charge in [-0.15, -0.1) is 11.3 Å². The van der Waals surface area contributed by atoms with Gasteiger partial charge in [0.15, 0.2) is 0 Å². The molecule has 0 atom stereocenters. The Hall–Kier alpha value is -2.95. The van der Waals surface area contributed by atoms with Gasteiger partial charge in [-0.2, -0.15) is 5.26 Å². The maximum absolute atomic E-state index is 13.2. The van der Waals surface area contributed by atoms with Gasteiger partial charge in [0.1, 0.15) is 6.54 Å². The topological polar surface area (TPSA) is 65.2 Å². The van der Waals surface area contributed by atoms with Crippen molar-refractivity contribution < 1.29 is 4.79 Å². The van der Waals surface area contributed by atoms with Gasteiger partial charge in [-0.1, -0.05) is 12.1 Å². The Bertz CT molecular complexity index is 1140. The Labute approximate surface area is 193 Å². The van der Waals surface area contributed by atoms with E-state index < -0.39 is 0 Å². The Morgan fingerprint density at radius 1 is 1.12 bits per heavy atom. The number of aryl methyl sites for hydroxylation is 2. The van der Waals surface area contributed by atoms with Gasteiger partial charge >= 0.3 is 0 Å². The number of thiazole rings is 1. The minimum absolute atomic E-state index is 0.174. The van der Waals surface area contributed by atoms with Crippen LogP contribution in [0, 0.1) is 32.1 Å². The van der Waals surface area contributed by atoms with Crippen LogP contribution in [0.1, 0.15) is 33.9 Å². The number of hydrogen-bond acceptors (Lipinski definition) is 5. The molecule has 3 aromatic rings. The van der Waals surface area contributed by atoms with Crippen LogP contribution in [-0.4, -0.2) is 51.4 Å². The number of benzene rings is 1. The Morgan fingerprint density at radius 3 is 2.59 bits per heavy atom. The highest BCUT2D eigenvalue weighted by Gasteiger charge is 2.21. The van der Waals surface area contributed by atoms with Crippen LogP contribution in [0.3, 0.4) is 0 Å². The number of rotatable bonds is 5. The largest absolute Gasteiger partial charge is 0.340 e. The van der Waals surface area contributed by atoms with E-state index in [9.17, 15) is 4.79 Å². The summed E-state index contributed by atoms with van der Waals surface area (Å²) in [6.45, 7) is 10.7. The van der Waals surface area contributed by atoms with E-state index in [1.165, 1.54) is 5.56 Å². The molecule has 0 N–H and O–H groups in total. The van der Waals surface area contributed by atoms with Gasteiger partial charge in [0.25, 0.3) is 0 Å². The van der Waals surface area contributed by atoms with E-state index in [2.05, 4.69) is 45.8 Å². The maximum Gasteiger partial charge on any atom is 0.242 e. The molecule has 0 bridgehead atoms. The molecule has 1 aromatic carbocycles. The van der Waals surface area contributed by atoms with Crippen molar-refractivity contribution in [2.45, 2.75) is 40.3 Å². The van der Waals surface area contributed by atoms with E-state index in [1.54, 1.807) is 11.3 Å². The molecular weight excluding hydrogens is 418 g/mol. The second-order valence-corrected chi connectivity index (χ2v) is 9.50. The molecule has 1 aliphatic rings. The highest BCUT2D eigenvalue weighted by atomic mass is 32.1. The molecule has 0 spiro atoms. The third kappa shape index (κ3) is 4.93. The van der Waals surface area contributed by atoms with Crippen LogP contribution in [0.2, 0.25) is 0 Å². The lowest BCUT2D eigenvalue weighted by molar-refractivity contribution is -0.131. The van der Waals surface area contributed by atoms with Gasteiger partial charge in [0.05, 0.1) is 22.3 Å². The minimum atomic E-state index is 0.174. The average molecular weight is 448 g/mol. The van der Waals surface area contributed by atoms with Gasteiger partial charge in [0, 0.05) is 55.1 Å². The first kappa shape index (κ1) is 22.3. The van der Waals surface area contributed by atoms with Crippen molar-refractivity contribution in [3.05, 3.63) is 63.2 Å². The van der Waals surface area contributed by atoms with E-state index in [0.29, 0.717) is 12.1 Å². The third-order valence-electron chi connectivity index (χ3n) is 6.19. The summed E-state index contributed by atoms with van der Waals surface area (Å²) in [6.07, 6.45) is 0.967. The van der Waals surface area contributed by atoms with Crippen molar-refractivity contribution >= 4 is 17.2 Å². The lowest BCUT2D eigenvalue weighted by atomic mass is 10.1. The summed E-state index contributed by atoms with van der Waals surface area (Å²) in [4.78, 5) is 22.2. The van der Waals surface area contributed by atoms with Gasteiger partial charge in [-0.3, -0.25) is 9.69 Å². The molecule has 0 saturated carbocycles. The lowest BCUT2D eigenvalue weighted by Crippen LogP contribution is -2.37. The van der Waals surface area contributed by atoms with Crippen LogP contribution in [-0.2, 0) is 17.9 Å². The maximum atomic E-state index is 13.2. The van der Waals surface area contributed by atoms with Crippen molar-refractivity contribution in [3.63, 3.8) is 0 Å². The average Bonchev–Trinajstić information content (AvgIpc) is 3.23. The lowest BCUT2D eigenvalue weighted by Gasteiger charge is -2.23. The number of carbonyl (C=O) groups is 1. The first-order valence-corrected chi connectivity index (χ1v) is 11.9. The number of hydrogen-bond donors (Lipinski definition) is 0. The molecule has 32 heavy (non-hydrogen) atoms. The smallest absolute Gasteiger partial charge is 0.242 e. The molecule has 2 aromatic heterocycles. The molecular formula is C25H29N5OS. The number of amides is 1. The van der Waals surface area contributed by atoms with Crippen LogP contribution in [0.15, 0.2) is 35.7 Å². The number of carbonyl (C=O) groups excluding carboxylic acids is 1. The van der Waals surface area contributed by atoms with Crippen molar-refractivity contribution in [1.82, 2.24) is 19.4 Å². The fraction of sp³-hybridized carbons (Fsp3) is 0.400. The van der Waals surface area contributed by atoms with Gasteiger partial charge < -0.3 is 9.47 Å². The summed E-state index contributed by atoms with van der Waals surface area (Å²) in [7, 11) is 0. The fourth-order valence-electron chi connectivity index (χ4n) is 4.35. The molecule has 1 fully saturated rings. The zero-order chi connectivity index (χ0) is 22.7. The van der Waals surface area contributed by atoms with Crippen molar-refractivity contribution in [1.29, 1.82) is 5.26 Å². The van der Waals surface area contributed by atoms with Crippen LogP contribution < -0.4 is 0 Å². The molecule has 0 aliphatic carbocycles. The minimum Gasteiger partial charge on any atom is -0.340 e. The Kier molecular flexibility index (Phi) is 6.73. The summed E-state index contributed by atoms with van der Waals surface area (Å²) in [5, 5.41) is 12.1. The van der Waals surface area contributed by atoms with Crippen LogP contribution in [0.5, 0.6) is 0 Å². The summed E-state index contributed by atoms with van der Waals surface area (Å²) in [5.74, 6) is 0.174.